The average Bonchev–Trinajstić information content (AvgIpc) is 3.45. The third-order valence-corrected chi connectivity index (χ3v) is 5.26. The molecule has 1 atom stereocenters. The molecular formula is C26H27FN6O4. The highest BCUT2D eigenvalue weighted by Crippen LogP contribution is 2.30. The van der Waals surface area contributed by atoms with Gasteiger partial charge in [0, 0.05) is 11.2 Å². The second kappa shape index (κ2) is 10.2. The van der Waals surface area contributed by atoms with Crippen LogP contribution in [0.5, 0.6) is 5.75 Å². The molecule has 2 amide bonds. The number of hydrogen-bond donors (Lipinski definition) is 2. The number of rotatable bonds is 7. The molecule has 2 heterocycles. The van der Waals surface area contributed by atoms with Gasteiger partial charge in [0.05, 0.1) is 0 Å². The lowest BCUT2D eigenvalue weighted by atomic mass is 10.0. The van der Waals surface area contributed by atoms with Crippen LogP contribution in [0.25, 0.3) is 11.6 Å². The molecule has 11 heteroatoms. The highest BCUT2D eigenvalue weighted by molar-refractivity contribution is 6.01. The highest BCUT2D eigenvalue weighted by atomic mass is 19.1. The number of nitrogens with zero attached hydrogens (tertiary/aromatic N) is 5. The number of furan rings is 1. The van der Waals surface area contributed by atoms with Crippen molar-refractivity contribution in [3.05, 3.63) is 77.8 Å². The standard InChI is InChI=1S/C26H27FN6O4/c1-16-8-13-21(37-16)24-29-31-32(30-24)15-22(35)33(19-7-5-6-18(27)14-19)23(25(36)28-26(2,3)4)17-9-11-20(34)12-10-17/h5-14,23,34H,15H2,1-4H3,(H,28,36)/t23-/m0/s1. The van der Waals surface area contributed by atoms with E-state index in [1.54, 1.807) is 19.1 Å². The normalized spacial score (nSPS) is 12.2. The summed E-state index contributed by atoms with van der Waals surface area (Å²) >= 11 is 0. The summed E-state index contributed by atoms with van der Waals surface area (Å²) in [6.07, 6.45) is 0. The van der Waals surface area contributed by atoms with E-state index in [4.69, 9.17) is 4.42 Å². The summed E-state index contributed by atoms with van der Waals surface area (Å²) in [4.78, 5) is 29.6. The molecule has 0 unspecified atom stereocenters. The second-order valence-electron chi connectivity index (χ2n) is 9.53. The first-order valence-corrected chi connectivity index (χ1v) is 11.5. The minimum absolute atomic E-state index is 0.00475. The van der Waals surface area contributed by atoms with Crippen molar-refractivity contribution < 1.29 is 23.5 Å². The van der Waals surface area contributed by atoms with Crippen LogP contribution in [0.3, 0.4) is 0 Å². The lowest BCUT2D eigenvalue weighted by Gasteiger charge is -2.33. The van der Waals surface area contributed by atoms with Crippen LogP contribution in [0.1, 0.15) is 38.1 Å². The first-order chi connectivity index (χ1) is 17.5. The predicted octanol–water partition coefficient (Wildman–Crippen LogP) is 3.78. The van der Waals surface area contributed by atoms with E-state index in [0.717, 1.165) is 4.80 Å². The number of amides is 2. The third-order valence-electron chi connectivity index (χ3n) is 5.26. The molecule has 2 N–H and O–H groups in total. The summed E-state index contributed by atoms with van der Waals surface area (Å²) in [6.45, 7) is 6.82. The molecule has 0 saturated carbocycles. The van der Waals surface area contributed by atoms with Crippen LogP contribution in [-0.2, 0) is 16.1 Å². The van der Waals surface area contributed by atoms with Crippen molar-refractivity contribution in [3.8, 4) is 17.3 Å². The van der Waals surface area contributed by atoms with E-state index in [1.165, 1.54) is 53.4 Å². The Bertz CT molecular complexity index is 1410. The van der Waals surface area contributed by atoms with Crippen molar-refractivity contribution in [2.45, 2.75) is 45.8 Å². The first-order valence-electron chi connectivity index (χ1n) is 11.5. The number of benzene rings is 2. The summed E-state index contributed by atoms with van der Waals surface area (Å²) < 4.78 is 19.8. The minimum atomic E-state index is -1.19. The molecule has 4 aromatic rings. The molecule has 2 aromatic heterocycles. The molecule has 0 saturated heterocycles. The molecule has 10 nitrogen and oxygen atoms in total. The maximum atomic E-state index is 14.3. The Morgan fingerprint density at radius 2 is 1.86 bits per heavy atom. The number of carbonyl (C=O) groups excluding carboxylic acids is 2. The second-order valence-corrected chi connectivity index (χ2v) is 9.53. The number of phenolic OH excluding ortho intramolecular Hbond substituents is 1. The lowest BCUT2D eigenvalue weighted by Crippen LogP contribution is -2.50. The number of aromatic hydroxyl groups is 1. The zero-order valence-electron chi connectivity index (χ0n) is 20.8. The Morgan fingerprint density at radius 1 is 1.14 bits per heavy atom. The van der Waals surface area contributed by atoms with Gasteiger partial charge in [-0.2, -0.15) is 4.80 Å². The SMILES string of the molecule is Cc1ccc(-c2nnn(CC(=O)N(c3cccc(F)c3)[C@H](C(=O)NC(C)(C)C)c3ccc(O)cc3)n2)o1. The van der Waals surface area contributed by atoms with E-state index in [-0.39, 0.29) is 23.8 Å². The van der Waals surface area contributed by atoms with Crippen LogP contribution < -0.4 is 10.2 Å². The van der Waals surface area contributed by atoms with Crippen molar-refractivity contribution in [2.24, 2.45) is 0 Å². The number of anilines is 1. The Kier molecular flexibility index (Phi) is 7.05. The molecule has 0 spiro atoms. The molecule has 0 aliphatic carbocycles. The van der Waals surface area contributed by atoms with Gasteiger partial charge in [0.1, 0.15) is 29.9 Å². The number of carbonyl (C=O) groups is 2. The van der Waals surface area contributed by atoms with Gasteiger partial charge in [-0.25, -0.2) is 4.39 Å². The van der Waals surface area contributed by atoms with Gasteiger partial charge >= 0.3 is 0 Å². The Morgan fingerprint density at radius 3 is 2.49 bits per heavy atom. The van der Waals surface area contributed by atoms with E-state index >= 15 is 0 Å². The largest absolute Gasteiger partial charge is 0.508 e. The van der Waals surface area contributed by atoms with Gasteiger partial charge in [0.2, 0.25) is 11.7 Å². The molecular weight excluding hydrogens is 479 g/mol. The smallest absolute Gasteiger partial charge is 0.251 e. The molecule has 0 aliphatic heterocycles. The van der Waals surface area contributed by atoms with Crippen LogP contribution in [0.4, 0.5) is 10.1 Å². The van der Waals surface area contributed by atoms with Crippen LogP contribution in [0.2, 0.25) is 0 Å². The lowest BCUT2D eigenvalue weighted by molar-refractivity contribution is -0.128. The number of nitrogens with one attached hydrogen (secondary N) is 1. The third kappa shape index (κ3) is 6.18. The van der Waals surface area contributed by atoms with Gasteiger partial charge in [-0.3, -0.25) is 14.5 Å². The van der Waals surface area contributed by atoms with E-state index < -0.39 is 29.2 Å². The van der Waals surface area contributed by atoms with Crippen molar-refractivity contribution in [3.63, 3.8) is 0 Å². The van der Waals surface area contributed by atoms with E-state index in [0.29, 0.717) is 17.1 Å². The van der Waals surface area contributed by atoms with Gasteiger partial charge in [0.25, 0.3) is 5.91 Å². The van der Waals surface area contributed by atoms with E-state index in [1.807, 2.05) is 20.8 Å². The maximum absolute atomic E-state index is 14.3. The zero-order valence-corrected chi connectivity index (χ0v) is 20.8. The minimum Gasteiger partial charge on any atom is -0.508 e. The molecule has 37 heavy (non-hydrogen) atoms. The van der Waals surface area contributed by atoms with Gasteiger partial charge < -0.3 is 14.8 Å². The first kappa shape index (κ1) is 25.5. The maximum Gasteiger partial charge on any atom is 0.251 e. The van der Waals surface area contributed by atoms with Gasteiger partial charge in [-0.1, -0.05) is 18.2 Å². The number of aryl methyl sites for hydroxylation is 1. The van der Waals surface area contributed by atoms with Gasteiger partial charge in [-0.05, 0) is 80.9 Å². The number of aromatic nitrogens is 4. The molecule has 0 bridgehead atoms. The average molecular weight is 507 g/mol. The molecule has 192 valence electrons. The summed E-state index contributed by atoms with van der Waals surface area (Å²) in [5, 5.41) is 24.8. The highest BCUT2D eigenvalue weighted by Gasteiger charge is 2.35. The number of tetrazole rings is 1. The van der Waals surface area contributed by atoms with Crippen LogP contribution in [-0.4, -0.2) is 42.7 Å². The number of halogens is 1. The van der Waals surface area contributed by atoms with Gasteiger partial charge in [-0.15, -0.1) is 10.2 Å². The fourth-order valence-corrected chi connectivity index (χ4v) is 3.74. The Balaban J connectivity index is 1.75. The van der Waals surface area contributed by atoms with Crippen LogP contribution >= 0.6 is 0 Å². The predicted molar refractivity (Wildman–Crippen MR) is 133 cm³/mol. The Hall–Kier alpha value is -4.54. The molecule has 0 radical (unpaired) electrons. The summed E-state index contributed by atoms with van der Waals surface area (Å²) in [5.74, 6) is -0.411. The number of phenols is 1. The van der Waals surface area contributed by atoms with E-state index in [9.17, 15) is 19.1 Å². The zero-order chi connectivity index (χ0) is 26.7. The van der Waals surface area contributed by atoms with Crippen LogP contribution in [0, 0.1) is 12.7 Å². The van der Waals surface area contributed by atoms with Crippen LogP contribution in [0.15, 0.2) is 65.1 Å². The van der Waals surface area contributed by atoms with Gasteiger partial charge in [0.15, 0.2) is 5.76 Å². The summed E-state index contributed by atoms with van der Waals surface area (Å²) in [5.41, 5.74) is -0.0449. The molecule has 4 rings (SSSR count). The molecule has 0 aliphatic rings. The fraction of sp³-hybridized carbons (Fsp3) is 0.269. The monoisotopic (exact) mass is 506 g/mol. The van der Waals surface area contributed by atoms with Crippen molar-refractivity contribution in [2.75, 3.05) is 4.90 Å². The summed E-state index contributed by atoms with van der Waals surface area (Å²) in [6, 6.07) is 13.5. The fourth-order valence-electron chi connectivity index (χ4n) is 3.74. The van der Waals surface area contributed by atoms with E-state index in [2.05, 4.69) is 20.7 Å². The van der Waals surface area contributed by atoms with Crippen molar-refractivity contribution in [1.29, 1.82) is 0 Å². The quantitative estimate of drug-likeness (QED) is 0.391. The molecule has 0 fully saturated rings. The Labute approximate surface area is 212 Å². The summed E-state index contributed by atoms with van der Waals surface area (Å²) in [7, 11) is 0. The topological polar surface area (TPSA) is 126 Å². The van der Waals surface area contributed by atoms with Crippen molar-refractivity contribution >= 4 is 17.5 Å². The number of hydrogen-bond acceptors (Lipinski definition) is 7. The van der Waals surface area contributed by atoms with Crippen molar-refractivity contribution in [1.82, 2.24) is 25.5 Å². The molecule has 2 aromatic carbocycles.